The average Bonchev–Trinajstić information content (AvgIpc) is 3.23. The third-order valence-corrected chi connectivity index (χ3v) is 6.63. The number of hydrogen-bond acceptors (Lipinski definition) is 3. The summed E-state index contributed by atoms with van der Waals surface area (Å²) in [7, 11) is 0. The molecule has 3 N–H and O–H groups in total. The number of hydrogen-bond donors (Lipinski definition) is 3. The van der Waals surface area contributed by atoms with Gasteiger partial charge in [0.15, 0.2) is 0 Å². The van der Waals surface area contributed by atoms with Crippen molar-refractivity contribution in [3.05, 3.63) is 106 Å². The Kier molecular flexibility index (Phi) is 7.20. The maximum absolute atomic E-state index is 9.48. The van der Waals surface area contributed by atoms with E-state index in [1.54, 1.807) is 0 Å². The van der Waals surface area contributed by atoms with Crippen molar-refractivity contribution >= 4 is 11.4 Å². The van der Waals surface area contributed by atoms with E-state index in [2.05, 4.69) is 98.6 Å². The monoisotopic (exact) mass is 440 g/mol. The number of aliphatic hydroxyl groups excluding tert-OH is 1. The summed E-state index contributed by atoms with van der Waals surface area (Å²) >= 11 is 0. The topological polar surface area (TPSA) is 44.3 Å². The first-order valence-corrected chi connectivity index (χ1v) is 12.1. The van der Waals surface area contributed by atoms with Gasteiger partial charge in [-0.05, 0) is 77.8 Å². The fraction of sp³-hybridized carbons (Fsp3) is 0.333. The average molecular weight is 441 g/mol. The highest BCUT2D eigenvalue weighted by molar-refractivity contribution is 5.66. The molecule has 172 valence electrons. The molecule has 1 aliphatic heterocycles. The van der Waals surface area contributed by atoms with E-state index < -0.39 is 0 Å². The molecule has 1 aliphatic rings. The lowest BCUT2D eigenvalue weighted by Crippen LogP contribution is -2.19. The van der Waals surface area contributed by atoms with Crippen LogP contribution in [0.3, 0.4) is 0 Å². The van der Waals surface area contributed by atoms with Crippen LogP contribution in [-0.4, -0.2) is 18.3 Å². The predicted octanol–water partition coefficient (Wildman–Crippen LogP) is 6.71. The summed E-state index contributed by atoms with van der Waals surface area (Å²) in [5.74, 6) is 0.206. The zero-order chi connectivity index (χ0) is 23.4. The van der Waals surface area contributed by atoms with Crippen molar-refractivity contribution in [2.75, 3.05) is 23.8 Å². The molecule has 0 saturated heterocycles. The van der Waals surface area contributed by atoms with Gasteiger partial charge in [-0.1, -0.05) is 68.5 Å². The molecule has 0 amide bonds. The van der Waals surface area contributed by atoms with Crippen LogP contribution in [0, 0.1) is 13.8 Å². The first kappa shape index (κ1) is 23.1. The molecule has 0 radical (unpaired) electrons. The van der Waals surface area contributed by atoms with Gasteiger partial charge in [0.2, 0.25) is 0 Å². The normalized spacial score (nSPS) is 15.6. The number of benzene rings is 3. The highest BCUT2D eigenvalue weighted by Crippen LogP contribution is 2.43. The largest absolute Gasteiger partial charge is 0.396 e. The van der Waals surface area contributed by atoms with Crippen LogP contribution in [0.15, 0.2) is 72.8 Å². The fourth-order valence-corrected chi connectivity index (χ4v) is 5.08. The summed E-state index contributed by atoms with van der Waals surface area (Å²) in [4.78, 5) is 0. The number of fused-ring (bicyclic) bond motifs is 1. The van der Waals surface area contributed by atoms with Crippen LogP contribution in [0.5, 0.6) is 0 Å². The Balaban J connectivity index is 1.69. The number of para-hydroxylation sites is 1. The lowest BCUT2D eigenvalue weighted by Gasteiger charge is -2.27. The van der Waals surface area contributed by atoms with Crippen molar-refractivity contribution in [2.45, 2.75) is 52.0 Å². The van der Waals surface area contributed by atoms with Crippen molar-refractivity contribution in [2.24, 2.45) is 0 Å². The van der Waals surface area contributed by atoms with Crippen LogP contribution in [0.1, 0.15) is 58.7 Å². The van der Waals surface area contributed by atoms with E-state index in [-0.39, 0.29) is 18.6 Å². The van der Waals surface area contributed by atoms with Crippen molar-refractivity contribution in [3.8, 4) is 0 Å². The number of anilines is 2. The van der Waals surface area contributed by atoms with Crippen LogP contribution < -0.4 is 10.6 Å². The minimum absolute atomic E-state index is 0.00104. The van der Waals surface area contributed by atoms with E-state index in [0.717, 1.165) is 30.6 Å². The summed E-state index contributed by atoms with van der Waals surface area (Å²) in [6, 6.07) is 22.0. The third kappa shape index (κ3) is 5.15. The lowest BCUT2D eigenvalue weighted by atomic mass is 9.85. The molecule has 3 aromatic carbocycles. The molecule has 2 atom stereocenters. The molecular weight excluding hydrogens is 404 g/mol. The molecule has 0 aromatic heterocycles. The molecule has 3 aromatic rings. The third-order valence-electron chi connectivity index (χ3n) is 6.63. The van der Waals surface area contributed by atoms with Gasteiger partial charge in [0.25, 0.3) is 0 Å². The second-order valence-corrected chi connectivity index (χ2v) is 9.31. The van der Waals surface area contributed by atoms with Gasteiger partial charge in [0.05, 0.1) is 6.04 Å². The first-order chi connectivity index (χ1) is 16.0. The predicted molar refractivity (Wildman–Crippen MR) is 140 cm³/mol. The smallest absolute Gasteiger partial charge is 0.0731 e. The second kappa shape index (κ2) is 10.3. The van der Waals surface area contributed by atoms with Crippen LogP contribution in [0.4, 0.5) is 11.4 Å². The van der Waals surface area contributed by atoms with Gasteiger partial charge in [-0.25, -0.2) is 0 Å². The Hall–Kier alpha value is -3.04. The van der Waals surface area contributed by atoms with E-state index in [0.29, 0.717) is 6.42 Å². The van der Waals surface area contributed by atoms with Crippen molar-refractivity contribution in [1.29, 1.82) is 0 Å². The minimum Gasteiger partial charge on any atom is -0.396 e. The van der Waals surface area contributed by atoms with Crippen LogP contribution in [0.2, 0.25) is 0 Å². The molecule has 3 heteroatoms. The minimum atomic E-state index is 0.00104. The molecule has 0 spiro atoms. The quantitative estimate of drug-likeness (QED) is 0.324. The summed E-state index contributed by atoms with van der Waals surface area (Å²) in [5, 5.41) is 16.9. The van der Waals surface area contributed by atoms with Crippen molar-refractivity contribution < 1.29 is 5.11 Å². The Morgan fingerprint density at radius 1 is 1.06 bits per heavy atom. The standard InChI is InChI=1S/C30H36N2O/c1-5-7-23-10-12-25(13-11-23)29(32-26-17-20(2)16-21(3)18-26)22(4)28-19-31-30-24(14-15-33)8-6-9-27(28)30/h6,8-13,16-18,28-29,31-33H,4-5,7,14-15,19H2,1-3H3. The molecule has 33 heavy (non-hydrogen) atoms. The zero-order valence-corrected chi connectivity index (χ0v) is 20.1. The number of aliphatic hydroxyl groups is 1. The summed E-state index contributed by atoms with van der Waals surface area (Å²) < 4.78 is 0. The van der Waals surface area contributed by atoms with Gasteiger partial charge < -0.3 is 15.7 Å². The molecule has 4 rings (SSSR count). The van der Waals surface area contributed by atoms with E-state index in [4.69, 9.17) is 0 Å². The van der Waals surface area contributed by atoms with E-state index >= 15 is 0 Å². The number of nitrogens with one attached hydrogen (secondary N) is 2. The Labute approximate surface area is 198 Å². The maximum Gasteiger partial charge on any atom is 0.0731 e. The van der Waals surface area contributed by atoms with Crippen LogP contribution >= 0.6 is 0 Å². The van der Waals surface area contributed by atoms with Gasteiger partial charge in [0, 0.05) is 30.4 Å². The van der Waals surface area contributed by atoms with Crippen LogP contribution in [0.25, 0.3) is 0 Å². The zero-order valence-electron chi connectivity index (χ0n) is 20.1. The van der Waals surface area contributed by atoms with E-state index in [1.165, 1.54) is 39.1 Å². The van der Waals surface area contributed by atoms with Gasteiger partial charge in [0.1, 0.15) is 0 Å². The lowest BCUT2D eigenvalue weighted by molar-refractivity contribution is 0.300. The molecule has 3 nitrogen and oxygen atoms in total. The first-order valence-electron chi connectivity index (χ1n) is 12.1. The molecule has 2 unspecified atom stereocenters. The Morgan fingerprint density at radius 2 is 1.79 bits per heavy atom. The SMILES string of the molecule is C=C(C1CNc2c(CCO)cccc21)C(Nc1cc(C)cc(C)c1)c1ccc(CCC)cc1. The summed E-state index contributed by atoms with van der Waals surface area (Å²) in [6.07, 6.45) is 2.92. The van der Waals surface area contributed by atoms with E-state index in [9.17, 15) is 5.11 Å². The fourth-order valence-electron chi connectivity index (χ4n) is 5.08. The number of rotatable bonds is 9. The van der Waals surface area contributed by atoms with Crippen molar-refractivity contribution in [1.82, 2.24) is 0 Å². The van der Waals surface area contributed by atoms with Gasteiger partial charge in [-0.3, -0.25) is 0 Å². The number of aryl methyl sites for hydroxylation is 3. The molecule has 1 heterocycles. The van der Waals surface area contributed by atoms with Crippen molar-refractivity contribution in [3.63, 3.8) is 0 Å². The molecule has 0 aliphatic carbocycles. The molecule has 0 fully saturated rings. The highest BCUT2D eigenvalue weighted by atomic mass is 16.2. The van der Waals surface area contributed by atoms with E-state index in [1.807, 2.05) is 0 Å². The van der Waals surface area contributed by atoms with Gasteiger partial charge in [-0.2, -0.15) is 0 Å². The summed E-state index contributed by atoms with van der Waals surface area (Å²) in [6.45, 7) is 12.1. The molecular formula is C30H36N2O. The van der Waals surface area contributed by atoms with Gasteiger partial charge in [-0.15, -0.1) is 0 Å². The Bertz CT molecular complexity index is 1100. The molecule has 0 bridgehead atoms. The van der Waals surface area contributed by atoms with Gasteiger partial charge >= 0.3 is 0 Å². The summed E-state index contributed by atoms with van der Waals surface area (Å²) in [5.41, 5.74) is 11.0. The second-order valence-electron chi connectivity index (χ2n) is 9.31. The van der Waals surface area contributed by atoms with Crippen LogP contribution in [-0.2, 0) is 12.8 Å². The Morgan fingerprint density at radius 3 is 2.45 bits per heavy atom. The maximum atomic E-state index is 9.48. The molecule has 0 saturated carbocycles. The highest BCUT2D eigenvalue weighted by Gasteiger charge is 2.30.